The zero-order chi connectivity index (χ0) is 5.41. The molecule has 0 aliphatic carbocycles. The summed E-state index contributed by atoms with van der Waals surface area (Å²) in [4.78, 5) is 1.50. The van der Waals surface area contributed by atoms with E-state index in [-0.39, 0.29) is 29.6 Å². The predicted octanol–water partition coefficient (Wildman–Crippen LogP) is -1.60. The van der Waals surface area contributed by atoms with Gasteiger partial charge in [-0.3, -0.25) is 4.91 Å². The third-order valence-corrected chi connectivity index (χ3v) is 0. The van der Waals surface area contributed by atoms with Crippen molar-refractivity contribution >= 4 is 0 Å². The molecule has 0 fully saturated rings. The van der Waals surface area contributed by atoms with Crippen molar-refractivity contribution in [1.82, 2.24) is 0 Å². The largest absolute Gasteiger partial charge is 1.00 e. The van der Waals surface area contributed by atoms with Crippen LogP contribution in [0.3, 0.4) is 0 Å². The molecule has 0 aromatic heterocycles. The van der Waals surface area contributed by atoms with E-state index in [1.54, 1.807) is 6.07 Å². The average Bonchev–Trinajstić information content (AvgIpc) is 1.39. The van der Waals surface area contributed by atoms with Gasteiger partial charge >= 0.3 is 29.6 Å². The Morgan fingerprint density at radius 1 is 1.57 bits per heavy atom. The summed E-state index contributed by atoms with van der Waals surface area (Å²) in [5.74, 6) is 0. The maximum Gasteiger partial charge on any atom is 1.00 e. The van der Waals surface area contributed by atoms with Crippen molar-refractivity contribution in [3.63, 3.8) is 0 Å². The summed E-state index contributed by atoms with van der Waals surface area (Å²) in [6, 6.07) is 1.75. The normalized spacial score (nSPS) is 2.29. The molecule has 0 spiro atoms. The Labute approximate surface area is 63.8 Å². The van der Waals surface area contributed by atoms with E-state index in [4.69, 9.17) is 16.3 Å². The third-order valence-electron chi connectivity index (χ3n) is 0. The van der Waals surface area contributed by atoms with Crippen LogP contribution in [-0.2, 0) is 0 Å². The number of nitrogens with zero attached hydrogens (tertiary/aromatic N) is 4. The first-order valence-electron chi connectivity index (χ1n) is 1.12. The molecule has 0 N–H and O–H groups in total. The smallest absolute Gasteiger partial charge is 0.373 e. The molecule has 0 rings (SSSR count). The van der Waals surface area contributed by atoms with Gasteiger partial charge in [0.05, 0.1) is 6.07 Å². The van der Waals surface area contributed by atoms with Gasteiger partial charge in [0, 0.05) is 6.92 Å². The summed E-state index contributed by atoms with van der Waals surface area (Å²) in [5.41, 5.74) is 13.5. The summed E-state index contributed by atoms with van der Waals surface area (Å²) in [6.45, 7) is 1.43. The fraction of sp³-hybridized carbons (Fsp3) is 0.500. The Bertz CT molecular complexity index is 76.2. The first kappa shape index (κ1) is 15.8. The SMILES string of the molecule is CC#N.[N-]=[N+]=[N-].[Na+]. The zero-order valence-electron chi connectivity index (χ0n) is 4.29. The molecule has 0 bridgehead atoms. The second-order valence-electron chi connectivity index (χ2n) is 0.313. The van der Waals surface area contributed by atoms with E-state index in [1.807, 2.05) is 0 Å². The van der Waals surface area contributed by atoms with Gasteiger partial charge in [-0.1, -0.05) is 0 Å². The monoisotopic (exact) mass is 106 g/mol. The van der Waals surface area contributed by atoms with Crippen molar-refractivity contribution in [3.05, 3.63) is 16.0 Å². The van der Waals surface area contributed by atoms with Crippen LogP contribution in [-0.4, -0.2) is 0 Å². The molecular formula is C2H3N4Na. The quantitative estimate of drug-likeness (QED) is 0.158. The Balaban J connectivity index is -0.0000000400. The van der Waals surface area contributed by atoms with Gasteiger partial charge in [-0.2, -0.15) is 5.26 Å². The number of rotatable bonds is 0. The molecule has 7 heavy (non-hydrogen) atoms. The minimum atomic E-state index is 0. The molecule has 0 unspecified atom stereocenters. The molecule has 4 nitrogen and oxygen atoms in total. The van der Waals surface area contributed by atoms with E-state index in [0.29, 0.717) is 0 Å². The van der Waals surface area contributed by atoms with Gasteiger partial charge in [-0.05, 0) is 0 Å². The van der Waals surface area contributed by atoms with Gasteiger partial charge in [-0.15, -0.1) is 0 Å². The van der Waals surface area contributed by atoms with Crippen LogP contribution in [0.5, 0.6) is 0 Å². The summed E-state index contributed by atoms with van der Waals surface area (Å²) >= 11 is 0. The Morgan fingerprint density at radius 2 is 1.57 bits per heavy atom. The van der Waals surface area contributed by atoms with Crippen LogP contribution in [0.25, 0.3) is 16.0 Å². The van der Waals surface area contributed by atoms with E-state index in [9.17, 15) is 0 Å². The topological polar surface area (TPSA) is 82.5 Å². The maximum absolute atomic E-state index is 7.32. The zero-order valence-corrected chi connectivity index (χ0v) is 6.29. The Hall–Kier alpha value is -0.200. The molecule has 0 heterocycles. The molecule has 0 aliphatic rings. The average molecular weight is 106 g/mol. The standard InChI is InChI=1S/C2H3N.N3.Na/c1-2-3;1-3-2;/h1H3;;/q;-1;+1. The Kier molecular flexibility index (Phi) is 93.3. The molecule has 0 atom stereocenters. The van der Waals surface area contributed by atoms with Crippen LogP contribution < -0.4 is 29.6 Å². The molecule has 0 aliphatic heterocycles. The van der Waals surface area contributed by atoms with Crippen LogP contribution in [0.1, 0.15) is 6.92 Å². The van der Waals surface area contributed by atoms with E-state index < -0.39 is 0 Å². The molecule has 0 radical (unpaired) electrons. The fourth-order valence-electron chi connectivity index (χ4n) is 0. The van der Waals surface area contributed by atoms with Crippen molar-refractivity contribution in [2.75, 3.05) is 0 Å². The number of nitriles is 1. The molecule has 0 saturated heterocycles. The second kappa shape index (κ2) is 41.2. The van der Waals surface area contributed by atoms with Gasteiger partial charge in [0.25, 0.3) is 0 Å². The summed E-state index contributed by atoms with van der Waals surface area (Å²) in [7, 11) is 0. The minimum absolute atomic E-state index is 0. The molecule has 32 valence electrons. The minimum Gasteiger partial charge on any atom is -0.373 e. The van der Waals surface area contributed by atoms with Crippen LogP contribution in [0.2, 0.25) is 0 Å². The first-order chi connectivity index (χ1) is 2.83. The van der Waals surface area contributed by atoms with Crippen LogP contribution in [0.15, 0.2) is 0 Å². The van der Waals surface area contributed by atoms with Crippen molar-refractivity contribution in [2.45, 2.75) is 6.92 Å². The van der Waals surface area contributed by atoms with Gasteiger partial charge in [0.1, 0.15) is 0 Å². The first-order valence-corrected chi connectivity index (χ1v) is 1.12. The second-order valence-corrected chi connectivity index (χ2v) is 0.313. The van der Waals surface area contributed by atoms with Crippen molar-refractivity contribution in [2.24, 2.45) is 0 Å². The van der Waals surface area contributed by atoms with Crippen LogP contribution in [0, 0.1) is 11.3 Å². The van der Waals surface area contributed by atoms with E-state index in [2.05, 4.69) is 0 Å². The molecule has 0 saturated carbocycles. The number of hydrogen-bond acceptors (Lipinski definition) is 1. The maximum atomic E-state index is 7.32. The van der Waals surface area contributed by atoms with Gasteiger partial charge in [0.15, 0.2) is 0 Å². The van der Waals surface area contributed by atoms with E-state index >= 15 is 0 Å². The summed E-state index contributed by atoms with van der Waals surface area (Å²) < 4.78 is 0. The van der Waals surface area contributed by atoms with Gasteiger partial charge < -0.3 is 11.1 Å². The summed E-state index contributed by atoms with van der Waals surface area (Å²) in [5, 5.41) is 7.32. The van der Waals surface area contributed by atoms with Gasteiger partial charge in [0.2, 0.25) is 0 Å². The summed E-state index contributed by atoms with van der Waals surface area (Å²) in [6.07, 6.45) is 0. The van der Waals surface area contributed by atoms with Crippen molar-refractivity contribution in [3.8, 4) is 6.07 Å². The third kappa shape index (κ3) is 2090. The van der Waals surface area contributed by atoms with Crippen molar-refractivity contribution in [1.29, 1.82) is 5.26 Å². The van der Waals surface area contributed by atoms with E-state index in [1.165, 1.54) is 11.8 Å². The predicted molar refractivity (Wildman–Crippen MR) is 21.4 cm³/mol. The van der Waals surface area contributed by atoms with E-state index in [0.717, 1.165) is 0 Å². The van der Waals surface area contributed by atoms with Crippen molar-refractivity contribution < 1.29 is 29.6 Å². The van der Waals surface area contributed by atoms with Gasteiger partial charge in [-0.25, -0.2) is 0 Å². The molecule has 5 heteroatoms. The molecule has 0 amide bonds. The Morgan fingerprint density at radius 3 is 1.57 bits per heavy atom. The molecule has 0 aromatic carbocycles. The molecular weight excluding hydrogens is 103 g/mol. The number of hydrogen-bond donors (Lipinski definition) is 0. The fourth-order valence-corrected chi connectivity index (χ4v) is 0. The molecule has 0 aromatic rings. The van der Waals surface area contributed by atoms with Crippen LogP contribution in [0.4, 0.5) is 0 Å². The van der Waals surface area contributed by atoms with Crippen LogP contribution >= 0.6 is 0 Å².